The van der Waals surface area contributed by atoms with Crippen molar-refractivity contribution in [2.45, 2.75) is 375 Å². The molecule has 3 aromatic carbocycles. The lowest BCUT2D eigenvalue weighted by atomic mass is 10.1. The number of benzene rings is 3. The summed E-state index contributed by atoms with van der Waals surface area (Å²) in [6.07, 6.45) is 67.1. The van der Waals surface area contributed by atoms with Gasteiger partial charge in [0.15, 0.2) is 34.5 Å². The van der Waals surface area contributed by atoms with Crippen molar-refractivity contribution in [3.05, 3.63) is 47.5 Å². The monoisotopic (exact) mass is 1310 g/mol. The third-order valence-electron chi connectivity index (χ3n) is 18.4. The van der Waals surface area contributed by atoms with Gasteiger partial charge in [-0.1, -0.05) is 337 Å². The Hall–Kier alpha value is -4.60. The maximum Gasteiger partial charge on any atom is 0.164 e. The number of hydrogen-bond acceptors (Lipinski definition) is 10. The molecule has 538 valence electrons. The first-order chi connectivity index (χ1) is 46.4. The van der Waals surface area contributed by atoms with E-state index in [-0.39, 0.29) is 11.5 Å². The topological polar surface area (TPSA) is 121 Å². The average Bonchev–Trinajstić information content (AvgIpc) is 1.09. The molecule has 0 heterocycles. The standard InChI is InChI=1S/C84H144N2O8/c1-7-13-19-25-31-37-39-45-51-55-61-91-81-67-75(85-71-73-65-79(89-59-53-47-41-33-27-21-15-9-3)83(69-77(73)87)93-63-57-49-43-35-29-23-17-11-5)76(68-82(81)92-62-56-52-46-40-38-32-26-20-14-8-2)86-72-74-66-80(90-60-54-48-42-34-28-22-16-10-4)84(70-78(74)88)94-64-58-50-44-36-30-24-18-12-6/h65-72,87-88H,7-64H2,1-6H3. The molecular weight excluding hydrogens is 1160 g/mol. The summed E-state index contributed by atoms with van der Waals surface area (Å²) in [5, 5.41) is 23.6. The fraction of sp³-hybridized carbons (Fsp3) is 0.762. The maximum absolute atomic E-state index is 11.8. The summed E-state index contributed by atoms with van der Waals surface area (Å²) < 4.78 is 39.3. The first-order valence-corrected chi connectivity index (χ1v) is 40.2. The molecule has 94 heavy (non-hydrogen) atoms. The molecule has 0 aliphatic rings. The Bertz CT molecular complexity index is 2120. The van der Waals surface area contributed by atoms with E-state index in [9.17, 15) is 10.2 Å². The predicted molar refractivity (Wildman–Crippen MR) is 404 cm³/mol. The number of phenols is 2. The smallest absolute Gasteiger partial charge is 0.164 e. The Morgan fingerprint density at radius 1 is 0.223 bits per heavy atom. The molecule has 3 rings (SSSR count). The summed E-state index contributed by atoms with van der Waals surface area (Å²) in [7, 11) is 0. The Balaban J connectivity index is 2.06. The van der Waals surface area contributed by atoms with Crippen LogP contribution in [0.25, 0.3) is 0 Å². The lowest BCUT2D eigenvalue weighted by molar-refractivity contribution is 0.257. The number of phenolic OH excluding ortho intramolecular Hbond substituents is 2. The number of aromatic hydroxyl groups is 2. The number of ether oxygens (including phenoxy) is 6. The quantitative estimate of drug-likeness (QED) is 0.0424. The number of aliphatic imine (C=N–C) groups is 2. The van der Waals surface area contributed by atoms with E-state index in [2.05, 4.69) is 41.5 Å². The molecule has 3 aromatic rings. The summed E-state index contributed by atoms with van der Waals surface area (Å²) in [5.74, 6) is 3.68. The minimum absolute atomic E-state index is 0.0576. The fourth-order valence-electron chi connectivity index (χ4n) is 12.3. The average molecular weight is 1310 g/mol. The van der Waals surface area contributed by atoms with Gasteiger partial charge in [-0.15, -0.1) is 0 Å². The summed E-state index contributed by atoms with van der Waals surface area (Å²) in [5.41, 5.74) is 2.08. The normalized spacial score (nSPS) is 11.6. The van der Waals surface area contributed by atoms with Gasteiger partial charge in [-0.05, 0) is 50.7 Å². The number of hydrogen-bond donors (Lipinski definition) is 2. The highest BCUT2D eigenvalue weighted by atomic mass is 16.5. The fourth-order valence-corrected chi connectivity index (χ4v) is 12.3. The molecule has 0 atom stereocenters. The number of unbranched alkanes of at least 4 members (excludes halogenated alkanes) is 46. The summed E-state index contributed by atoms with van der Waals surface area (Å²) in [6.45, 7) is 17.0. The Morgan fingerprint density at radius 3 is 0.574 bits per heavy atom. The van der Waals surface area contributed by atoms with Gasteiger partial charge in [0.2, 0.25) is 0 Å². The van der Waals surface area contributed by atoms with Crippen molar-refractivity contribution >= 4 is 23.8 Å². The predicted octanol–water partition coefficient (Wildman–Crippen LogP) is 27.3. The van der Waals surface area contributed by atoms with Crippen LogP contribution >= 0.6 is 0 Å². The van der Waals surface area contributed by atoms with E-state index >= 15 is 0 Å². The zero-order valence-electron chi connectivity index (χ0n) is 61.9. The van der Waals surface area contributed by atoms with Crippen molar-refractivity contribution in [3.63, 3.8) is 0 Å². The molecular formula is C84H144N2O8. The first-order valence-electron chi connectivity index (χ1n) is 40.2. The Kier molecular flexibility index (Phi) is 54.1. The third-order valence-corrected chi connectivity index (χ3v) is 18.4. The van der Waals surface area contributed by atoms with Crippen molar-refractivity contribution in [3.8, 4) is 46.0 Å². The van der Waals surface area contributed by atoms with Crippen LogP contribution in [0, 0.1) is 0 Å². The highest BCUT2D eigenvalue weighted by Gasteiger charge is 2.17. The number of rotatable bonds is 68. The van der Waals surface area contributed by atoms with Crippen molar-refractivity contribution in [1.82, 2.24) is 0 Å². The summed E-state index contributed by atoms with van der Waals surface area (Å²) >= 11 is 0. The van der Waals surface area contributed by atoms with Crippen molar-refractivity contribution in [1.29, 1.82) is 0 Å². The van der Waals surface area contributed by atoms with Crippen LogP contribution in [0.4, 0.5) is 11.4 Å². The second kappa shape index (κ2) is 60.8. The van der Waals surface area contributed by atoms with Crippen LogP contribution in [0.5, 0.6) is 46.0 Å². The molecule has 0 unspecified atom stereocenters. The summed E-state index contributed by atoms with van der Waals surface area (Å²) in [4.78, 5) is 10.3. The molecule has 0 saturated carbocycles. The lowest BCUT2D eigenvalue weighted by Crippen LogP contribution is -2.04. The molecule has 0 spiro atoms. The highest BCUT2D eigenvalue weighted by molar-refractivity contribution is 5.91. The van der Waals surface area contributed by atoms with E-state index in [0.717, 1.165) is 77.0 Å². The van der Waals surface area contributed by atoms with Crippen molar-refractivity contribution in [2.75, 3.05) is 39.6 Å². The molecule has 0 aromatic heterocycles. The van der Waals surface area contributed by atoms with Crippen LogP contribution in [-0.4, -0.2) is 62.3 Å². The van der Waals surface area contributed by atoms with Crippen LogP contribution in [-0.2, 0) is 0 Å². The largest absolute Gasteiger partial charge is 0.507 e. The van der Waals surface area contributed by atoms with Crippen molar-refractivity contribution < 1.29 is 38.6 Å². The lowest BCUT2D eigenvalue weighted by Gasteiger charge is -2.16. The molecule has 0 bridgehead atoms. The molecule has 0 amide bonds. The van der Waals surface area contributed by atoms with E-state index in [1.54, 1.807) is 24.6 Å². The van der Waals surface area contributed by atoms with Gasteiger partial charge in [-0.3, -0.25) is 9.98 Å². The molecule has 0 aliphatic heterocycles. The van der Waals surface area contributed by atoms with Gasteiger partial charge in [0.25, 0.3) is 0 Å². The van der Waals surface area contributed by atoms with E-state index in [0.29, 0.717) is 96.6 Å². The molecule has 0 radical (unpaired) electrons. The van der Waals surface area contributed by atoms with Gasteiger partial charge in [-0.25, -0.2) is 0 Å². The second-order valence-electron chi connectivity index (χ2n) is 27.4. The second-order valence-corrected chi connectivity index (χ2v) is 27.4. The SMILES string of the molecule is CCCCCCCCCCCCOc1cc(N=Cc2cc(OCCCCCCCCCC)c(OCCCCCCCCCC)cc2O)c(N=Cc2cc(OCCCCCCCCCC)c(OCCCCCCCCCC)cc2O)cc1OCCCCCCCCCCCC. The zero-order chi connectivity index (χ0) is 67.3. The van der Waals surface area contributed by atoms with Crippen molar-refractivity contribution in [2.24, 2.45) is 9.98 Å². The molecule has 0 fully saturated rings. The minimum atomic E-state index is 0.0576. The van der Waals surface area contributed by atoms with E-state index in [1.807, 2.05) is 24.3 Å². The van der Waals surface area contributed by atoms with Gasteiger partial charge >= 0.3 is 0 Å². The van der Waals surface area contributed by atoms with Gasteiger partial charge < -0.3 is 38.6 Å². The van der Waals surface area contributed by atoms with Gasteiger partial charge in [0.1, 0.15) is 11.5 Å². The molecule has 0 aliphatic carbocycles. The molecule has 10 nitrogen and oxygen atoms in total. The third kappa shape index (κ3) is 42.8. The summed E-state index contributed by atoms with van der Waals surface area (Å²) in [6, 6.07) is 11.0. The van der Waals surface area contributed by atoms with Crippen LogP contribution in [0.3, 0.4) is 0 Å². The molecule has 2 N–H and O–H groups in total. The van der Waals surface area contributed by atoms with Crippen LogP contribution in [0.1, 0.15) is 387 Å². The van der Waals surface area contributed by atoms with Gasteiger partial charge in [0, 0.05) is 47.8 Å². The Labute approximate surface area is 578 Å². The van der Waals surface area contributed by atoms with Gasteiger partial charge in [0.05, 0.1) is 51.0 Å². The van der Waals surface area contributed by atoms with E-state index < -0.39 is 0 Å². The van der Waals surface area contributed by atoms with Crippen LogP contribution in [0.2, 0.25) is 0 Å². The first kappa shape index (κ1) is 83.6. The zero-order valence-corrected chi connectivity index (χ0v) is 61.9. The van der Waals surface area contributed by atoms with Crippen LogP contribution < -0.4 is 28.4 Å². The van der Waals surface area contributed by atoms with Gasteiger partial charge in [-0.2, -0.15) is 0 Å². The molecule has 0 saturated heterocycles. The number of nitrogens with zero attached hydrogens (tertiary/aromatic N) is 2. The van der Waals surface area contributed by atoms with E-state index in [1.165, 1.54) is 257 Å². The minimum Gasteiger partial charge on any atom is -0.507 e. The maximum atomic E-state index is 11.8. The highest BCUT2D eigenvalue weighted by Crippen LogP contribution is 2.42. The van der Waals surface area contributed by atoms with E-state index in [4.69, 9.17) is 38.4 Å². The van der Waals surface area contributed by atoms with Crippen LogP contribution in [0.15, 0.2) is 46.4 Å². The Morgan fingerprint density at radius 2 is 0.383 bits per heavy atom. The molecule has 10 heteroatoms.